The minimum Gasteiger partial charge on any atom is -0.383 e. The summed E-state index contributed by atoms with van der Waals surface area (Å²) in [6.07, 6.45) is -4.42. The van der Waals surface area contributed by atoms with Crippen LogP contribution >= 0.6 is 11.6 Å². The van der Waals surface area contributed by atoms with E-state index in [2.05, 4.69) is 10.6 Å². The van der Waals surface area contributed by atoms with Gasteiger partial charge in [-0.15, -0.1) is 0 Å². The van der Waals surface area contributed by atoms with Gasteiger partial charge in [-0.1, -0.05) is 17.7 Å². The predicted octanol–water partition coefficient (Wildman–Crippen LogP) is 2.91. The number of alkyl halides is 3. The van der Waals surface area contributed by atoms with Crippen molar-refractivity contribution in [3.05, 3.63) is 28.8 Å². The molecule has 0 unspecified atom stereocenters. The fourth-order valence-corrected chi connectivity index (χ4v) is 1.61. The topological polar surface area (TPSA) is 41.1 Å². The van der Waals surface area contributed by atoms with Gasteiger partial charge in [0.2, 0.25) is 5.91 Å². The molecule has 0 spiro atoms. The zero-order chi connectivity index (χ0) is 13.8. The van der Waals surface area contributed by atoms with Gasteiger partial charge < -0.3 is 10.6 Å². The number of amides is 1. The highest BCUT2D eigenvalue weighted by molar-refractivity contribution is 6.33. The van der Waals surface area contributed by atoms with Gasteiger partial charge in [0.25, 0.3) is 0 Å². The van der Waals surface area contributed by atoms with E-state index in [4.69, 9.17) is 11.6 Å². The Kier molecular flexibility index (Phi) is 4.84. The molecule has 1 aromatic carbocycles. The van der Waals surface area contributed by atoms with Crippen LogP contribution in [0, 0.1) is 0 Å². The number of benzene rings is 1. The van der Waals surface area contributed by atoms with Crippen LogP contribution in [-0.2, 0) is 11.0 Å². The van der Waals surface area contributed by atoms with Crippen molar-refractivity contribution in [3.63, 3.8) is 0 Å². The molecule has 7 heteroatoms. The van der Waals surface area contributed by atoms with Gasteiger partial charge >= 0.3 is 6.18 Å². The smallest absolute Gasteiger partial charge is 0.383 e. The molecule has 0 aliphatic carbocycles. The first-order valence-electron chi connectivity index (χ1n) is 5.16. The van der Waals surface area contributed by atoms with E-state index in [-0.39, 0.29) is 29.6 Å². The number of anilines is 1. The maximum atomic E-state index is 12.7. The minimum absolute atomic E-state index is 0.0262. The van der Waals surface area contributed by atoms with Crippen LogP contribution in [0.3, 0.4) is 0 Å². The van der Waals surface area contributed by atoms with Gasteiger partial charge in [0.05, 0.1) is 16.3 Å². The Morgan fingerprint density at radius 1 is 1.39 bits per heavy atom. The largest absolute Gasteiger partial charge is 0.418 e. The van der Waals surface area contributed by atoms with E-state index in [1.807, 2.05) is 0 Å². The summed E-state index contributed by atoms with van der Waals surface area (Å²) in [4.78, 5) is 11.0. The highest BCUT2D eigenvalue weighted by atomic mass is 35.5. The summed E-state index contributed by atoms with van der Waals surface area (Å²) in [5, 5.41) is 4.89. The summed E-state index contributed by atoms with van der Waals surface area (Å²) >= 11 is 5.72. The summed E-state index contributed by atoms with van der Waals surface area (Å²) < 4.78 is 38.1. The lowest BCUT2D eigenvalue weighted by Gasteiger charge is -2.15. The molecule has 0 heterocycles. The highest BCUT2D eigenvalue weighted by Crippen LogP contribution is 2.38. The van der Waals surface area contributed by atoms with Crippen LogP contribution in [0.15, 0.2) is 18.2 Å². The lowest BCUT2D eigenvalue weighted by Crippen LogP contribution is -2.21. The van der Waals surface area contributed by atoms with Gasteiger partial charge in [-0.3, -0.25) is 4.79 Å². The Hall–Kier alpha value is -1.43. The Morgan fingerprint density at radius 2 is 2.06 bits per heavy atom. The standard InChI is InChI=1S/C11H12ClF3N2O/c1-16-9(18)5-6-17-10-7(11(13,14)15)3-2-4-8(10)12/h2-4,17H,5-6H2,1H3,(H,16,18). The molecule has 0 saturated carbocycles. The molecule has 1 aromatic rings. The quantitative estimate of drug-likeness (QED) is 0.890. The Bertz CT molecular complexity index is 435. The van der Waals surface area contributed by atoms with Crippen molar-refractivity contribution in [1.82, 2.24) is 5.32 Å². The molecule has 0 bridgehead atoms. The van der Waals surface area contributed by atoms with Crippen LogP contribution in [0.2, 0.25) is 5.02 Å². The van der Waals surface area contributed by atoms with Gasteiger partial charge in [0, 0.05) is 20.0 Å². The molecule has 0 fully saturated rings. The normalized spacial score (nSPS) is 11.2. The van der Waals surface area contributed by atoms with E-state index in [9.17, 15) is 18.0 Å². The Balaban J connectivity index is 2.84. The number of rotatable bonds is 4. The van der Waals surface area contributed by atoms with Crippen LogP contribution in [0.4, 0.5) is 18.9 Å². The Morgan fingerprint density at radius 3 is 2.61 bits per heavy atom. The van der Waals surface area contributed by atoms with Crippen molar-refractivity contribution in [3.8, 4) is 0 Å². The van der Waals surface area contributed by atoms with Crippen LogP contribution in [0.5, 0.6) is 0 Å². The number of hydrogen-bond donors (Lipinski definition) is 2. The Labute approximate surface area is 107 Å². The first-order chi connectivity index (χ1) is 8.36. The molecule has 0 atom stereocenters. The molecular weight excluding hydrogens is 269 g/mol. The van der Waals surface area contributed by atoms with Crippen molar-refractivity contribution < 1.29 is 18.0 Å². The van der Waals surface area contributed by atoms with Gasteiger partial charge in [-0.25, -0.2) is 0 Å². The van der Waals surface area contributed by atoms with Gasteiger partial charge in [-0.2, -0.15) is 13.2 Å². The van der Waals surface area contributed by atoms with Crippen molar-refractivity contribution in [2.75, 3.05) is 18.9 Å². The first kappa shape index (κ1) is 14.6. The third kappa shape index (κ3) is 3.80. The zero-order valence-corrected chi connectivity index (χ0v) is 10.3. The van der Waals surface area contributed by atoms with Crippen LogP contribution < -0.4 is 10.6 Å². The van der Waals surface area contributed by atoms with Gasteiger partial charge in [0.1, 0.15) is 0 Å². The number of carbonyl (C=O) groups is 1. The van der Waals surface area contributed by atoms with E-state index >= 15 is 0 Å². The maximum Gasteiger partial charge on any atom is 0.418 e. The molecule has 0 aromatic heterocycles. The van der Waals surface area contributed by atoms with Crippen molar-refractivity contribution in [1.29, 1.82) is 0 Å². The molecule has 18 heavy (non-hydrogen) atoms. The molecule has 0 saturated heterocycles. The molecule has 3 nitrogen and oxygen atoms in total. The second-order valence-corrected chi connectivity index (χ2v) is 3.92. The zero-order valence-electron chi connectivity index (χ0n) is 9.57. The van der Waals surface area contributed by atoms with Crippen molar-refractivity contribution >= 4 is 23.2 Å². The summed E-state index contributed by atoms with van der Waals surface area (Å²) in [6.45, 7) is 0.0759. The number of halogens is 4. The maximum absolute atomic E-state index is 12.7. The molecule has 0 aliphatic heterocycles. The monoisotopic (exact) mass is 280 g/mol. The molecule has 0 radical (unpaired) electrons. The van der Waals surface area contributed by atoms with Crippen LogP contribution in [-0.4, -0.2) is 19.5 Å². The summed E-state index contributed by atoms with van der Waals surface area (Å²) in [5.74, 6) is -0.261. The average Bonchev–Trinajstić information content (AvgIpc) is 2.29. The molecule has 100 valence electrons. The third-order valence-electron chi connectivity index (χ3n) is 2.25. The van der Waals surface area contributed by atoms with Gasteiger partial charge in [-0.05, 0) is 12.1 Å². The van der Waals surface area contributed by atoms with Crippen molar-refractivity contribution in [2.45, 2.75) is 12.6 Å². The SMILES string of the molecule is CNC(=O)CCNc1c(Cl)cccc1C(F)(F)F. The van der Waals surface area contributed by atoms with Crippen molar-refractivity contribution in [2.24, 2.45) is 0 Å². The summed E-state index contributed by atoms with van der Waals surface area (Å²) in [6, 6.07) is 3.53. The predicted molar refractivity (Wildman–Crippen MR) is 63.6 cm³/mol. The lowest BCUT2D eigenvalue weighted by molar-refractivity contribution is -0.137. The molecule has 1 rings (SSSR count). The van der Waals surface area contributed by atoms with E-state index in [0.717, 1.165) is 6.07 Å². The first-order valence-corrected chi connectivity index (χ1v) is 5.54. The van der Waals surface area contributed by atoms with E-state index in [1.165, 1.54) is 19.2 Å². The molecule has 1 amide bonds. The van der Waals surface area contributed by atoms with Crippen LogP contribution in [0.25, 0.3) is 0 Å². The van der Waals surface area contributed by atoms with E-state index in [1.54, 1.807) is 0 Å². The van der Waals surface area contributed by atoms with Crippen LogP contribution in [0.1, 0.15) is 12.0 Å². The number of hydrogen-bond acceptors (Lipinski definition) is 2. The average molecular weight is 281 g/mol. The van der Waals surface area contributed by atoms with E-state index < -0.39 is 11.7 Å². The highest BCUT2D eigenvalue weighted by Gasteiger charge is 2.34. The molecule has 2 N–H and O–H groups in total. The summed E-state index contributed by atoms with van der Waals surface area (Å²) in [7, 11) is 1.46. The van der Waals surface area contributed by atoms with E-state index in [0.29, 0.717) is 0 Å². The minimum atomic E-state index is -4.49. The number of carbonyl (C=O) groups excluding carboxylic acids is 1. The lowest BCUT2D eigenvalue weighted by atomic mass is 10.1. The number of nitrogens with one attached hydrogen (secondary N) is 2. The second-order valence-electron chi connectivity index (χ2n) is 3.51. The summed E-state index contributed by atoms with van der Waals surface area (Å²) in [5.41, 5.74) is -1.04. The molecule has 0 aliphatic rings. The fourth-order valence-electron chi connectivity index (χ4n) is 1.37. The fraction of sp³-hybridized carbons (Fsp3) is 0.364. The second kappa shape index (κ2) is 5.95. The van der Waals surface area contributed by atoms with Gasteiger partial charge in [0.15, 0.2) is 0 Å². The molecular formula is C11H12ClF3N2O. The third-order valence-corrected chi connectivity index (χ3v) is 2.57. The number of para-hydroxylation sites is 1.